The molecule has 0 aliphatic heterocycles. The number of hydrogen-bond acceptors (Lipinski definition) is 2. The molecule has 0 radical (unpaired) electrons. The third-order valence-corrected chi connectivity index (χ3v) is 3.30. The number of aryl methyl sites for hydroxylation is 1. The first-order valence-corrected chi connectivity index (χ1v) is 6.23. The number of pyridine rings is 1. The second-order valence-corrected chi connectivity index (χ2v) is 5.07. The molecule has 0 saturated carbocycles. The topological polar surface area (TPSA) is 38.9 Å². The molecule has 1 atom stereocenters. The third-order valence-electron chi connectivity index (χ3n) is 3.08. The van der Waals surface area contributed by atoms with Gasteiger partial charge in [-0.05, 0) is 55.1 Å². The van der Waals surface area contributed by atoms with Crippen LogP contribution in [-0.4, -0.2) is 11.5 Å². The summed E-state index contributed by atoms with van der Waals surface area (Å²) in [6.07, 6.45) is 2.77. The zero-order valence-corrected chi connectivity index (χ0v) is 11.0. The highest BCUT2D eigenvalue weighted by atomic mass is 35.5. The van der Waals surface area contributed by atoms with E-state index >= 15 is 0 Å². The van der Waals surface area contributed by atoms with E-state index in [1.807, 2.05) is 24.4 Å². The van der Waals surface area contributed by atoms with Gasteiger partial charge < -0.3 is 5.73 Å². The molecule has 1 heterocycles. The van der Waals surface area contributed by atoms with E-state index in [2.05, 4.69) is 18.8 Å². The van der Waals surface area contributed by atoms with Gasteiger partial charge in [0.1, 0.15) is 0 Å². The van der Waals surface area contributed by atoms with Gasteiger partial charge >= 0.3 is 0 Å². The normalized spacial score (nSPS) is 12.9. The highest BCUT2D eigenvalue weighted by Crippen LogP contribution is 2.26. The van der Waals surface area contributed by atoms with Crippen molar-refractivity contribution in [3.05, 3.63) is 40.5 Å². The molecule has 2 N–H and O–H groups in total. The summed E-state index contributed by atoms with van der Waals surface area (Å²) < 4.78 is 0. The average molecular weight is 249 g/mol. The Hall–Kier alpha value is -1.12. The molecule has 1 unspecified atom stereocenters. The number of fused-ring (bicyclic) bond motifs is 1. The van der Waals surface area contributed by atoms with Crippen LogP contribution in [-0.2, 0) is 6.42 Å². The fourth-order valence-corrected chi connectivity index (χ4v) is 2.28. The maximum atomic E-state index is 6.16. The fourth-order valence-electron chi connectivity index (χ4n) is 2.04. The van der Waals surface area contributed by atoms with Crippen molar-refractivity contribution in [3.63, 3.8) is 0 Å². The van der Waals surface area contributed by atoms with Crippen molar-refractivity contribution >= 4 is 22.5 Å². The Balaban J connectivity index is 2.58. The summed E-state index contributed by atoms with van der Waals surface area (Å²) in [6, 6.07) is 5.99. The van der Waals surface area contributed by atoms with E-state index in [-0.39, 0.29) is 0 Å². The van der Waals surface area contributed by atoms with Crippen molar-refractivity contribution in [1.82, 2.24) is 4.98 Å². The first-order valence-electron chi connectivity index (χ1n) is 5.85. The zero-order chi connectivity index (χ0) is 12.4. The zero-order valence-electron chi connectivity index (χ0n) is 10.2. The van der Waals surface area contributed by atoms with Gasteiger partial charge in [0, 0.05) is 16.6 Å². The lowest BCUT2D eigenvalue weighted by atomic mass is 9.97. The number of nitrogens with two attached hydrogens (primary N) is 1. The summed E-state index contributed by atoms with van der Waals surface area (Å²) in [7, 11) is 0. The summed E-state index contributed by atoms with van der Waals surface area (Å²) in [4.78, 5) is 4.47. The molecule has 2 aromatic rings. The Bertz CT molecular complexity index is 537. The molecule has 90 valence electrons. The highest BCUT2D eigenvalue weighted by molar-refractivity contribution is 6.31. The van der Waals surface area contributed by atoms with Gasteiger partial charge in [-0.2, -0.15) is 0 Å². The second kappa shape index (κ2) is 5.03. The summed E-state index contributed by atoms with van der Waals surface area (Å²) in [6.45, 7) is 4.90. The molecular weight excluding hydrogens is 232 g/mol. The molecule has 0 aliphatic carbocycles. The Morgan fingerprint density at radius 3 is 2.88 bits per heavy atom. The van der Waals surface area contributed by atoms with Crippen molar-refractivity contribution in [2.24, 2.45) is 11.7 Å². The van der Waals surface area contributed by atoms with Crippen LogP contribution in [0.15, 0.2) is 24.4 Å². The first-order chi connectivity index (χ1) is 8.11. The van der Waals surface area contributed by atoms with Gasteiger partial charge in [-0.25, -0.2) is 0 Å². The molecule has 17 heavy (non-hydrogen) atoms. The summed E-state index contributed by atoms with van der Waals surface area (Å²) in [5.41, 5.74) is 9.13. The van der Waals surface area contributed by atoms with Crippen molar-refractivity contribution < 1.29 is 0 Å². The van der Waals surface area contributed by atoms with Crippen LogP contribution in [0.4, 0.5) is 0 Å². The van der Waals surface area contributed by atoms with Crippen LogP contribution >= 0.6 is 11.6 Å². The number of nitrogens with zero attached hydrogens (tertiary/aromatic N) is 1. The molecule has 0 bridgehead atoms. The van der Waals surface area contributed by atoms with Gasteiger partial charge in [0.25, 0.3) is 0 Å². The number of aromatic nitrogens is 1. The van der Waals surface area contributed by atoms with Gasteiger partial charge in [0.05, 0.1) is 5.52 Å². The SMILES string of the molecule is Cc1ccnc2c(CC(C)CN)cc(Cl)cc12. The minimum absolute atomic E-state index is 0.443. The highest BCUT2D eigenvalue weighted by Gasteiger charge is 2.09. The van der Waals surface area contributed by atoms with Gasteiger partial charge in [0.2, 0.25) is 0 Å². The van der Waals surface area contributed by atoms with Crippen LogP contribution in [0.3, 0.4) is 0 Å². The van der Waals surface area contributed by atoms with Gasteiger partial charge in [0.15, 0.2) is 0 Å². The van der Waals surface area contributed by atoms with Crippen molar-refractivity contribution in [2.45, 2.75) is 20.3 Å². The minimum atomic E-state index is 0.443. The quantitative estimate of drug-likeness (QED) is 0.905. The molecule has 2 nitrogen and oxygen atoms in total. The van der Waals surface area contributed by atoms with Gasteiger partial charge in [-0.3, -0.25) is 4.98 Å². The van der Waals surface area contributed by atoms with Crippen molar-refractivity contribution in [2.75, 3.05) is 6.54 Å². The number of rotatable bonds is 3. The molecule has 0 spiro atoms. The molecular formula is C14H17ClN2. The lowest BCUT2D eigenvalue weighted by molar-refractivity contribution is 0.595. The Morgan fingerprint density at radius 1 is 1.41 bits per heavy atom. The lowest BCUT2D eigenvalue weighted by Crippen LogP contribution is -2.13. The molecule has 1 aromatic carbocycles. The molecule has 0 aliphatic rings. The van der Waals surface area contributed by atoms with Crippen molar-refractivity contribution in [3.8, 4) is 0 Å². The van der Waals surface area contributed by atoms with E-state index in [0.717, 1.165) is 22.3 Å². The predicted octanol–water partition coefficient (Wildman–Crippen LogP) is 3.33. The van der Waals surface area contributed by atoms with Gasteiger partial charge in [-0.15, -0.1) is 0 Å². The van der Waals surface area contributed by atoms with E-state index in [1.165, 1.54) is 11.1 Å². The molecule has 2 rings (SSSR count). The Labute approximate surface area is 107 Å². The molecule has 1 aromatic heterocycles. The fraction of sp³-hybridized carbons (Fsp3) is 0.357. The Kier molecular flexibility index (Phi) is 3.65. The molecule has 3 heteroatoms. The maximum Gasteiger partial charge on any atom is 0.0737 e. The maximum absolute atomic E-state index is 6.16. The van der Waals surface area contributed by atoms with E-state index in [1.54, 1.807) is 0 Å². The largest absolute Gasteiger partial charge is 0.330 e. The van der Waals surface area contributed by atoms with E-state index < -0.39 is 0 Å². The summed E-state index contributed by atoms with van der Waals surface area (Å²) in [5, 5.41) is 1.91. The van der Waals surface area contributed by atoms with Crippen LogP contribution in [0, 0.1) is 12.8 Å². The second-order valence-electron chi connectivity index (χ2n) is 4.63. The van der Waals surface area contributed by atoms with Crippen LogP contribution in [0.25, 0.3) is 10.9 Å². The smallest absolute Gasteiger partial charge is 0.0737 e. The Morgan fingerprint density at radius 2 is 2.18 bits per heavy atom. The molecule has 0 amide bonds. The number of benzene rings is 1. The monoisotopic (exact) mass is 248 g/mol. The van der Waals surface area contributed by atoms with Crippen molar-refractivity contribution in [1.29, 1.82) is 0 Å². The van der Waals surface area contributed by atoms with E-state index in [9.17, 15) is 0 Å². The standard InChI is InChI=1S/C14H17ClN2/c1-9(8-16)5-11-6-12(15)7-13-10(2)3-4-17-14(11)13/h3-4,6-7,9H,5,8,16H2,1-2H3. The summed E-state index contributed by atoms with van der Waals surface area (Å²) >= 11 is 6.16. The number of hydrogen-bond donors (Lipinski definition) is 1. The third kappa shape index (κ3) is 2.59. The van der Waals surface area contributed by atoms with E-state index in [0.29, 0.717) is 12.5 Å². The van der Waals surface area contributed by atoms with E-state index in [4.69, 9.17) is 17.3 Å². The molecule has 0 saturated heterocycles. The van der Waals surface area contributed by atoms with Crippen LogP contribution in [0.5, 0.6) is 0 Å². The average Bonchev–Trinajstić information content (AvgIpc) is 2.30. The minimum Gasteiger partial charge on any atom is -0.330 e. The summed E-state index contributed by atoms with van der Waals surface area (Å²) in [5.74, 6) is 0.443. The van der Waals surface area contributed by atoms with Crippen LogP contribution in [0.2, 0.25) is 5.02 Å². The van der Waals surface area contributed by atoms with Crippen LogP contribution in [0.1, 0.15) is 18.1 Å². The van der Waals surface area contributed by atoms with Crippen LogP contribution < -0.4 is 5.73 Å². The first kappa shape index (κ1) is 12.3. The number of halogens is 1. The molecule has 0 fully saturated rings. The predicted molar refractivity (Wildman–Crippen MR) is 73.4 cm³/mol. The van der Waals surface area contributed by atoms with Gasteiger partial charge in [-0.1, -0.05) is 18.5 Å². The lowest BCUT2D eigenvalue weighted by Gasteiger charge is -2.12.